The van der Waals surface area contributed by atoms with Crippen LogP contribution in [0.15, 0.2) is 11.8 Å². The van der Waals surface area contributed by atoms with Crippen molar-refractivity contribution in [3.63, 3.8) is 0 Å². The van der Waals surface area contributed by atoms with Gasteiger partial charge in [0.15, 0.2) is 0 Å². The average Bonchev–Trinajstić information content (AvgIpc) is 2.20. The van der Waals surface area contributed by atoms with Crippen molar-refractivity contribution in [1.29, 1.82) is 0 Å². The van der Waals surface area contributed by atoms with E-state index >= 15 is 0 Å². The summed E-state index contributed by atoms with van der Waals surface area (Å²) in [4.78, 5) is 0. The molecule has 1 aliphatic rings. The highest BCUT2D eigenvalue weighted by atomic mass is 16.3. The summed E-state index contributed by atoms with van der Waals surface area (Å²) in [6.07, 6.45) is 16.0. The van der Waals surface area contributed by atoms with Crippen molar-refractivity contribution >= 4 is 0 Å². The lowest BCUT2D eigenvalue weighted by atomic mass is 10.1. The van der Waals surface area contributed by atoms with Gasteiger partial charge in [0.2, 0.25) is 0 Å². The van der Waals surface area contributed by atoms with E-state index in [1.165, 1.54) is 57.8 Å². The molecule has 0 aromatic heterocycles. The summed E-state index contributed by atoms with van der Waals surface area (Å²) in [6.45, 7) is 0. The number of aliphatic hydroxyl groups excluding tert-OH is 1. The Labute approximate surface area is 88.2 Å². The van der Waals surface area contributed by atoms with Crippen LogP contribution < -0.4 is 0 Å². The Morgan fingerprint density at radius 1 is 0.714 bits per heavy atom. The van der Waals surface area contributed by atoms with Gasteiger partial charge in [-0.1, -0.05) is 44.9 Å². The molecule has 1 heteroatoms. The molecule has 1 nitrogen and oxygen atoms in total. The first-order valence-corrected chi connectivity index (χ1v) is 6.27. The van der Waals surface area contributed by atoms with Gasteiger partial charge in [0, 0.05) is 6.42 Å². The number of rotatable bonds is 0. The van der Waals surface area contributed by atoms with E-state index < -0.39 is 0 Å². The fraction of sp³-hybridized carbons (Fsp3) is 0.846. The quantitative estimate of drug-likeness (QED) is 0.593. The van der Waals surface area contributed by atoms with Crippen LogP contribution in [0.1, 0.15) is 70.6 Å². The highest BCUT2D eigenvalue weighted by molar-refractivity contribution is 4.90. The maximum atomic E-state index is 9.52. The van der Waals surface area contributed by atoms with Crippen LogP contribution in [0.3, 0.4) is 0 Å². The molecule has 1 N–H and O–H groups in total. The fourth-order valence-corrected chi connectivity index (χ4v) is 2.06. The Balaban J connectivity index is 2.21. The van der Waals surface area contributed by atoms with Crippen LogP contribution in [0, 0.1) is 0 Å². The number of allylic oxidation sites excluding steroid dienone is 2. The van der Waals surface area contributed by atoms with Crippen LogP contribution in [-0.2, 0) is 0 Å². The number of hydrogen-bond acceptors (Lipinski definition) is 1. The third kappa shape index (κ3) is 6.06. The molecule has 0 aliphatic heterocycles. The highest BCUT2D eigenvalue weighted by Gasteiger charge is 1.97. The first-order valence-electron chi connectivity index (χ1n) is 6.27. The van der Waals surface area contributed by atoms with E-state index in [2.05, 4.69) is 0 Å². The van der Waals surface area contributed by atoms with Gasteiger partial charge in [-0.2, -0.15) is 0 Å². The molecule has 0 aromatic carbocycles. The fourth-order valence-electron chi connectivity index (χ4n) is 2.06. The summed E-state index contributed by atoms with van der Waals surface area (Å²) >= 11 is 0. The molecule has 0 saturated heterocycles. The maximum absolute atomic E-state index is 9.52. The standard InChI is InChI=1S/C13H24O/c14-13-11-9-7-5-3-1-2-4-6-8-10-12-13/h11,14H,1-10,12H2. The molecular weight excluding hydrogens is 172 g/mol. The Hall–Kier alpha value is -0.460. The van der Waals surface area contributed by atoms with E-state index in [1.54, 1.807) is 0 Å². The van der Waals surface area contributed by atoms with Crippen LogP contribution >= 0.6 is 0 Å². The van der Waals surface area contributed by atoms with Crippen molar-refractivity contribution in [1.82, 2.24) is 0 Å². The summed E-state index contributed by atoms with van der Waals surface area (Å²) < 4.78 is 0. The zero-order valence-electron chi connectivity index (χ0n) is 9.30. The molecule has 0 bridgehead atoms. The smallest absolute Gasteiger partial charge is 0.0882 e. The molecule has 0 radical (unpaired) electrons. The topological polar surface area (TPSA) is 20.2 Å². The number of aliphatic hydroxyl groups is 1. The van der Waals surface area contributed by atoms with Crippen LogP contribution in [-0.4, -0.2) is 5.11 Å². The monoisotopic (exact) mass is 196 g/mol. The van der Waals surface area contributed by atoms with Crippen molar-refractivity contribution in [2.24, 2.45) is 0 Å². The molecule has 0 fully saturated rings. The zero-order chi connectivity index (χ0) is 10.1. The molecule has 82 valence electrons. The van der Waals surface area contributed by atoms with Gasteiger partial charge in [0.25, 0.3) is 0 Å². The minimum atomic E-state index is 0.629. The van der Waals surface area contributed by atoms with E-state index in [1.807, 2.05) is 6.08 Å². The Bertz CT molecular complexity index is 161. The summed E-state index contributed by atoms with van der Waals surface area (Å²) in [6, 6.07) is 0. The molecule has 0 heterocycles. The molecule has 0 spiro atoms. The Kier molecular flexibility index (Phi) is 6.55. The van der Waals surface area contributed by atoms with Gasteiger partial charge >= 0.3 is 0 Å². The third-order valence-corrected chi connectivity index (χ3v) is 3.02. The second-order valence-electron chi connectivity index (χ2n) is 4.42. The first kappa shape index (κ1) is 11.6. The zero-order valence-corrected chi connectivity index (χ0v) is 9.30. The largest absolute Gasteiger partial charge is 0.513 e. The van der Waals surface area contributed by atoms with E-state index in [4.69, 9.17) is 0 Å². The Morgan fingerprint density at radius 2 is 1.21 bits per heavy atom. The molecule has 1 aliphatic carbocycles. The predicted octanol–water partition coefficient (Wildman–Crippen LogP) is 4.73. The molecule has 0 amide bonds. The van der Waals surface area contributed by atoms with Gasteiger partial charge in [-0.3, -0.25) is 0 Å². The number of hydrogen-bond donors (Lipinski definition) is 1. The van der Waals surface area contributed by atoms with Crippen LogP contribution in [0.25, 0.3) is 0 Å². The second-order valence-corrected chi connectivity index (χ2v) is 4.42. The van der Waals surface area contributed by atoms with Crippen LogP contribution in [0.5, 0.6) is 0 Å². The molecule has 0 saturated carbocycles. The van der Waals surface area contributed by atoms with Gasteiger partial charge in [0.05, 0.1) is 5.76 Å². The minimum absolute atomic E-state index is 0.629. The van der Waals surface area contributed by atoms with E-state index in [0.717, 1.165) is 12.8 Å². The highest BCUT2D eigenvalue weighted by Crippen LogP contribution is 2.15. The summed E-state index contributed by atoms with van der Waals surface area (Å²) in [5.74, 6) is 0.629. The lowest BCUT2D eigenvalue weighted by Gasteiger charge is -2.00. The molecule has 0 unspecified atom stereocenters. The van der Waals surface area contributed by atoms with Gasteiger partial charge in [-0.25, -0.2) is 0 Å². The molecular formula is C13H24O. The molecule has 14 heavy (non-hydrogen) atoms. The predicted molar refractivity (Wildman–Crippen MR) is 61.5 cm³/mol. The summed E-state index contributed by atoms with van der Waals surface area (Å²) in [5.41, 5.74) is 0. The van der Waals surface area contributed by atoms with Gasteiger partial charge < -0.3 is 5.11 Å². The van der Waals surface area contributed by atoms with Gasteiger partial charge in [-0.15, -0.1) is 0 Å². The molecule has 1 rings (SSSR count). The van der Waals surface area contributed by atoms with Crippen molar-refractivity contribution in [2.75, 3.05) is 0 Å². The normalized spacial score (nSPS) is 22.7. The first-order chi connectivity index (χ1) is 6.89. The van der Waals surface area contributed by atoms with Gasteiger partial charge in [-0.05, 0) is 25.3 Å². The van der Waals surface area contributed by atoms with Crippen LogP contribution in [0.4, 0.5) is 0 Å². The van der Waals surface area contributed by atoms with Crippen LogP contribution in [0.2, 0.25) is 0 Å². The lowest BCUT2D eigenvalue weighted by molar-refractivity contribution is 0.377. The SMILES string of the molecule is OC1=CCCCCCCCCCCC1. The second kappa shape index (κ2) is 7.90. The lowest BCUT2D eigenvalue weighted by Crippen LogP contribution is -1.83. The summed E-state index contributed by atoms with van der Waals surface area (Å²) in [7, 11) is 0. The Morgan fingerprint density at radius 3 is 1.86 bits per heavy atom. The molecule has 0 atom stereocenters. The van der Waals surface area contributed by atoms with Crippen molar-refractivity contribution < 1.29 is 5.11 Å². The van der Waals surface area contributed by atoms with E-state index in [0.29, 0.717) is 5.76 Å². The van der Waals surface area contributed by atoms with Crippen molar-refractivity contribution in [3.8, 4) is 0 Å². The maximum Gasteiger partial charge on any atom is 0.0882 e. The molecule has 0 aromatic rings. The van der Waals surface area contributed by atoms with Crippen molar-refractivity contribution in [3.05, 3.63) is 11.8 Å². The third-order valence-electron chi connectivity index (χ3n) is 3.02. The van der Waals surface area contributed by atoms with Crippen molar-refractivity contribution in [2.45, 2.75) is 70.6 Å². The van der Waals surface area contributed by atoms with E-state index in [-0.39, 0.29) is 0 Å². The summed E-state index contributed by atoms with van der Waals surface area (Å²) in [5, 5.41) is 9.52. The average molecular weight is 196 g/mol. The van der Waals surface area contributed by atoms with Gasteiger partial charge in [0.1, 0.15) is 0 Å². The van der Waals surface area contributed by atoms with E-state index in [9.17, 15) is 5.11 Å². The minimum Gasteiger partial charge on any atom is -0.513 e.